The molecule has 4 rings (SSSR count). The second kappa shape index (κ2) is 4.09. The van der Waals surface area contributed by atoms with Crippen molar-refractivity contribution in [3.05, 3.63) is 36.3 Å². The zero-order valence-electron chi connectivity index (χ0n) is 11.8. The first-order valence-electron chi connectivity index (χ1n) is 6.69. The van der Waals surface area contributed by atoms with E-state index in [0.717, 1.165) is 38.4 Å². The first-order valence-corrected chi connectivity index (χ1v) is 6.69. The number of hydrogen-bond acceptors (Lipinski definition) is 4. The summed E-state index contributed by atoms with van der Waals surface area (Å²) in [4.78, 5) is 12.3. The van der Waals surface area contributed by atoms with Gasteiger partial charge >= 0.3 is 0 Å². The average Bonchev–Trinajstić information content (AvgIpc) is 2.89. The van der Waals surface area contributed by atoms with E-state index in [2.05, 4.69) is 15.0 Å². The number of anilines is 1. The molecule has 0 saturated carbocycles. The molecule has 0 spiro atoms. The molecule has 21 heavy (non-hydrogen) atoms. The Labute approximate surface area is 120 Å². The van der Waals surface area contributed by atoms with E-state index >= 15 is 0 Å². The predicted molar refractivity (Wildman–Crippen MR) is 84.6 cm³/mol. The van der Waals surface area contributed by atoms with E-state index in [1.807, 2.05) is 31.3 Å². The Bertz CT molecular complexity index is 1000. The fourth-order valence-electron chi connectivity index (χ4n) is 2.93. The highest BCUT2D eigenvalue weighted by molar-refractivity contribution is 6.18. The first-order chi connectivity index (χ1) is 10.2. The summed E-state index contributed by atoms with van der Waals surface area (Å²) in [6.07, 6.45) is 3.64. The molecule has 0 aliphatic carbocycles. The van der Waals surface area contributed by atoms with Crippen LogP contribution in [0.15, 0.2) is 30.6 Å². The molecule has 0 atom stereocenters. The third-order valence-electron chi connectivity index (χ3n) is 3.91. The number of methoxy groups -OCH3 is 1. The van der Waals surface area contributed by atoms with Gasteiger partial charge in [0.15, 0.2) is 0 Å². The Kier molecular flexibility index (Phi) is 2.33. The maximum atomic E-state index is 6.17. The summed E-state index contributed by atoms with van der Waals surface area (Å²) in [5, 5.41) is 3.16. The molecule has 4 aromatic rings. The summed E-state index contributed by atoms with van der Waals surface area (Å²) < 4.78 is 5.28. The van der Waals surface area contributed by atoms with E-state index in [0.29, 0.717) is 11.4 Å². The lowest BCUT2D eigenvalue weighted by Gasteiger charge is -2.09. The van der Waals surface area contributed by atoms with Gasteiger partial charge in [-0.25, -0.2) is 0 Å². The van der Waals surface area contributed by atoms with Crippen LogP contribution in [-0.2, 0) is 0 Å². The molecule has 5 heteroatoms. The van der Waals surface area contributed by atoms with Crippen molar-refractivity contribution in [3.63, 3.8) is 0 Å². The molecule has 0 radical (unpaired) electrons. The summed E-state index contributed by atoms with van der Waals surface area (Å²) in [6.45, 7) is 1.99. The number of ether oxygens (including phenoxy) is 1. The van der Waals surface area contributed by atoms with Crippen LogP contribution in [0.25, 0.3) is 32.7 Å². The number of nitrogen functional groups attached to an aromatic ring is 1. The molecule has 0 saturated heterocycles. The Morgan fingerprint density at radius 1 is 1.19 bits per heavy atom. The van der Waals surface area contributed by atoms with Gasteiger partial charge < -0.3 is 15.5 Å². The van der Waals surface area contributed by atoms with Crippen molar-refractivity contribution in [2.45, 2.75) is 6.92 Å². The zero-order chi connectivity index (χ0) is 14.6. The molecular weight excluding hydrogens is 264 g/mol. The smallest absolute Gasteiger partial charge is 0.144 e. The lowest BCUT2D eigenvalue weighted by atomic mass is 10.1. The normalized spacial score (nSPS) is 11.5. The Morgan fingerprint density at radius 2 is 2.05 bits per heavy atom. The largest absolute Gasteiger partial charge is 0.495 e. The van der Waals surface area contributed by atoms with E-state index in [1.165, 1.54) is 0 Å². The molecule has 0 unspecified atom stereocenters. The molecule has 0 aliphatic rings. The average molecular weight is 278 g/mol. The summed E-state index contributed by atoms with van der Waals surface area (Å²) >= 11 is 0. The van der Waals surface area contributed by atoms with Crippen LogP contribution in [0.4, 0.5) is 5.69 Å². The Balaban J connectivity index is 2.27. The third-order valence-corrected chi connectivity index (χ3v) is 3.91. The molecule has 0 aliphatic heterocycles. The highest BCUT2D eigenvalue weighted by Gasteiger charge is 2.15. The second-order valence-corrected chi connectivity index (χ2v) is 5.07. The number of nitrogens with two attached hydrogens (primary N) is 1. The van der Waals surface area contributed by atoms with E-state index in [4.69, 9.17) is 10.5 Å². The number of fused-ring (bicyclic) bond motifs is 5. The lowest BCUT2D eigenvalue weighted by molar-refractivity contribution is 0.417. The van der Waals surface area contributed by atoms with Crippen LogP contribution in [0.1, 0.15) is 5.69 Å². The van der Waals surface area contributed by atoms with Gasteiger partial charge in [0.2, 0.25) is 0 Å². The van der Waals surface area contributed by atoms with Crippen LogP contribution >= 0.6 is 0 Å². The standard InChI is InChI=1S/C16H14N4O/c1-8-13-10-7-18-6-5-11(10)20-15(13)9-3-4-12(21-2)14(17)16(9)19-8/h3-7,20H,17H2,1-2H3. The van der Waals surface area contributed by atoms with Gasteiger partial charge in [0.25, 0.3) is 0 Å². The van der Waals surface area contributed by atoms with Crippen LogP contribution in [0.2, 0.25) is 0 Å². The minimum Gasteiger partial charge on any atom is -0.495 e. The van der Waals surface area contributed by atoms with Crippen molar-refractivity contribution < 1.29 is 4.74 Å². The zero-order valence-corrected chi connectivity index (χ0v) is 11.8. The van der Waals surface area contributed by atoms with Gasteiger partial charge in [-0.3, -0.25) is 9.97 Å². The van der Waals surface area contributed by atoms with Gasteiger partial charge in [-0.1, -0.05) is 0 Å². The number of nitrogens with one attached hydrogen (secondary N) is 1. The molecule has 0 amide bonds. The van der Waals surface area contributed by atoms with Crippen LogP contribution in [0.5, 0.6) is 5.75 Å². The third kappa shape index (κ3) is 1.51. The summed E-state index contributed by atoms with van der Waals surface area (Å²) in [5.41, 5.74) is 10.5. The Hall–Kier alpha value is -2.82. The van der Waals surface area contributed by atoms with Gasteiger partial charge in [0.1, 0.15) is 11.4 Å². The highest BCUT2D eigenvalue weighted by atomic mass is 16.5. The molecule has 3 N–H and O–H groups in total. The number of benzene rings is 1. The number of hydrogen-bond donors (Lipinski definition) is 2. The van der Waals surface area contributed by atoms with Crippen molar-refractivity contribution in [3.8, 4) is 5.75 Å². The lowest BCUT2D eigenvalue weighted by Crippen LogP contribution is -1.96. The van der Waals surface area contributed by atoms with Gasteiger partial charge in [-0.05, 0) is 25.1 Å². The molecule has 1 aromatic carbocycles. The topological polar surface area (TPSA) is 76.8 Å². The predicted octanol–water partition coefficient (Wildman–Crippen LogP) is 3.16. The van der Waals surface area contributed by atoms with Gasteiger partial charge in [-0.15, -0.1) is 0 Å². The fourth-order valence-corrected chi connectivity index (χ4v) is 2.93. The van der Waals surface area contributed by atoms with Gasteiger partial charge in [0, 0.05) is 39.8 Å². The van der Waals surface area contributed by atoms with Crippen molar-refractivity contribution in [2.24, 2.45) is 0 Å². The summed E-state index contributed by atoms with van der Waals surface area (Å²) in [7, 11) is 1.61. The maximum absolute atomic E-state index is 6.17. The van der Waals surface area contributed by atoms with E-state index < -0.39 is 0 Å². The van der Waals surface area contributed by atoms with Crippen LogP contribution < -0.4 is 10.5 Å². The molecule has 0 bridgehead atoms. The highest BCUT2D eigenvalue weighted by Crippen LogP contribution is 2.36. The molecular formula is C16H14N4O. The Morgan fingerprint density at radius 3 is 2.86 bits per heavy atom. The van der Waals surface area contributed by atoms with Crippen molar-refractivity contribution in [1.29, 1.82) is 0 Å². The van der Waals surface area contributed by atoms with Crippen LogP contribution in [0, 0.1) is 6.92 Å². The maximum Gasteiger partial charge on any atom is 0.144 e. The minimum atomic E-state index is 0.566. The number of aromatic nitrogens is 3. The quantitative estimate of drug-likeness (QED) is 0.524. The fraction of sp³-hybridized carbons (Fsp3) is 0.125. The molecule has 5 nitrogen and oxygen atoms in total. The summed E-state index contributed by atoms with van der Waals surface area (Å²) in [5.74, 6) is 0.645. The number of H-pyrrole nitrogens is 1. The second-order valence-electron chi connectivity index (χ2n) is 5.07. The first kappa shape index (κ1) is 12.0. The van der Waals surface area contributed by atoms with Crippen molar-refractivity contribution in [2.75, 3.05) is 12.8 Å². The van der Waals surface area contributed by atoms with Crippen molar-refractivity contribution in [1.82, 2.24) is 15.0 Å². The monoisotopic (exact) mass is 278 g/mol. The van der Waals surface area contributed by atoms with Gasteiger partial charge in [-0.2, -0.15) is 0 Å². The minimum absolute atomic E-state index is 0.566. The number of rotatable bonds is 1. The van der Waals surface area contributed by atoms with E-state index in [-0.39, 0.29) is 0 Å². The SMILES string of the molecule is COc1ccc2c(nc(C)c3c4cnccc4[nH]c23)c1N. The van der Waals surface area contributed by atoms with Crippen LogP contribution in [0.3, 0.4) is 0 Å². The van der Waals surface area contributed by atoms with E-state index in [9.17, 15) is 0 Å². The number of aryl methyl sites for hydroxylation is 1. The summed E-state index contributed by atoms with van der Waals surface area (Å²) in [6, 6.07) is 5.83. The number of aromatic amines is 1. The number of pyridine rings is 2. The van der Waals surface area contributed by atoms with Gasteiger partial charge in [0.05, 0.1) is 18.1 Å². The molecule has 0 fully saturated rings. The molecule has 104 valence electrons. The molecule has 3 aromatic heterocycles. The van der Waals surface area contributed by atoms with Crippen molar-refractivity contribution >= 4 is 38.4 Å². The number of nitrogens with zero attached hydrogens (tertiary/aromatic N) is 2. The van der Waals surface area contributed by atoms with Crippen LogP contribution in [-0.4, -0.2) is 22.1 Å². The van der Waals surface area contributed by atoms with E-state index in [1.54, 1.807) is 13.3 Å². The molecule has 3 heterocycles.